The van der Waals surface area contributed by atoms with Gasteiger partial charge in [-0.1, -0.05) is 0 Å². The normalized spacial score (nSPS) is 26.1. The Bertz CT molecular complexity index is 1180. The van der Waals surface area contributed by atoms with Gasteiger partial charge in [-0.05, 0) is 39.5 Å². The molecule has 1 aliphatic carbocycles. The topological polar surface area (TPSA) is 140 Å². The molecule has 3 aliphatic heterocycles. The van der Waals surface area contributed by atoms with Crippen molar-refractivity contribution in [2.45, 2.75) is 51.1 Å². The van der Waals surface area contributed by atoms with Crippen LogP contribution in [0.25, 0.3) is 11.3 Å². The van der Waals surface area contributed by atoms with Gasteiger partial charge in [0.1, 0.15) is 5.82 Å². The fourth-order valence-electron chi connectivity index (χ4n) is 5.95. The number of rotatable bonds is 5. The summed E-state index contributed by atoms with van der Waals surface area (Å²) in [6.45, 7) is 9.10. The van der Waals surface area contributed by atoms with Gasteiger partial charge in [0, 0.05) is 56.2 Å². The van der Waals surface area contributed by atoms with Gasteiger partial charge >= 0.3 is 0 Å². The molecule has 6 rings (SSSR count). The largest absolute Gasteiger partial charge is 0.377 e. The number of hydrogen-bond acceptors (Lipinski definition) is 10. The fraction of sp³-hybridized carbons (Fsp3) is 0.640. The van der Waals surface area contributed by atoms with E-state index in [1.165, 1.54) is 0 Å². The molecule has 1 amide bonds. The third kappa shape index (κ3) is 4.36. The van der Waals surface area contributed by atoms with Crippen molar-refractivity contribution in [1.29, 1.82) is 0 Å². The van der Waals surface area contributed by atoms with Crippen LogP contribution in [0.1, 0.15) is 38.7 Å². The lowest BCUT2D eigenvalue weighted by Gasteiger charge is -2.38. The molecule has 200 valence electrons. The van der Waals surface area contributed by atoms with Crippen LogP contribution < -0.4 is 21.3 Å². The number of fused-ring (bicyclic) bond motifs is 1. The van der Waals surface area contributed by atoms with Gasteiger partial charge < -0.3 is 30.9 Å². The zero-order valence-electron chi connectivity index (χ0n) is 21.5. The quantitative estimate of drug-likeness (QED) is 0.581. The molecule has 2 saturated heterocycles. The average molecular weight is 530 g/mol. The summed E-state index contributed by atoms with van der Waals surface area (Å²) >= 11 is 0. The third-order valence-electron chi connectivity index (χ3n) is 8.47. The Balaban J connectivity index is 0.00000280. The highest BCUT2D eigenvalue weighted by atomic mass is 35.5. The minimum Gasteiger partial charge on any atom is -0.377 e. The monoisotopic (exact) mass is 529 g/mol. The summed E-state index contributed by atoms with van der Waals surface area (Å²) in [5, 5.41) is 0. The van der Waals surface area contributed by atoms with E-state index >= 15 is 0 Å². The Hall–Kier alpha value is -2.76. The Morgan fingerprint density at radius 2 is 1.92 bits per heavy atom. The van der Waals surface area contributed by atoms with Crippen molar-refractivity contribution in [3.63, 3.8) is 0 Å². The molecule has 1 saturated carbocycles. The second-order valence-corrected chi connectivity index (χ2v) is 11.0. The molecule has 0 aromatic carbocycles. The highest BCUT2D eigenvalue weighted by Gasteiger charge is 2.53. The molecule has 12 heteroatoms. The number of anilines is 3. The molecule has 0 bridgehead atoms. The lowest BCUT2D eigenvalue weighted by Crippen LogP contribution is -2.50. The minimum atomic E-state index is -0.321. The van der Waals surface area contributed by atoms with E-state index in [0.29, 0.717) is 32.3 Å². The smallest absolute Gasteiger partial charge is 0.230 e. The maximum absolute atomic E-state index is 13.2. The van der Waals surface area contributed by atoms with Crippen LogP contribution in [0.2, 0.25) is 0 Å². The van der Waals surface area contributed by atoms with E-state index in [1.54, 1.807) is 12.4 Å². The van der Waals surface area contributed by atoms with Crippen molar-refractivity contribution < 1.29 is 9.53 Å². The first kappa shape index (κ1) is 25.9. The van der Waals surface area contributed by atoms with Gasteiger partial charge in [-0.25, -0.2) is 15.0 Å². The summed E-state index contributed by atoms with van der Waals surface area (Å²) < 4.78 is 5.66. The van der Waals surface area contributed by atoms with E-state index in [0.717, 1.165) is 68.0 Å². The average Bonchev–Trinajstić information content (AvgIpc) is 3.40. The number of likely N-dealkylation sites (tertiary alicyclic amines) is 1. The van der Waals surface area contributed by atoms with Crippen molar-refractivity contribution in [3.8, 4) is 11.3 Å². The van der Waals surface area contributed by atoms with Gasteiger partial charge in [0.25, 0.3) is 0 Å². The molecule has 37 heavy (non-hydrogen) atoms. The number of morpholine rings is 1. The third-order valence-corrected chi connectivity index (χ3v) is 8.47. The minimum absolute atomic E-state index is 0. The summed E-state index contributed by atoms with van der Waals surface area (Å²) in [5.74, 6) is 2.10. The van der Waals surface area contributed by atoms with Crippen LogP contribution >= 0.6 is 12.4 Å². The van der Waals surface area contributed by atoms with Crippen LogP contribution in [0.5, 0.6) is 0 Å². The number of amides is 1. The number of ether oxygens (including phenoxy) is 1. The number of carbonyl (C=O) groups is 1. The van der Waals surface area contributed by atoms with E-state index in [9.17, 15) is 4.79 Å². The molecular weight excluding hydrogens is 494 g/mol. The second-order valence-electron chi connectivity index (χ2n) is 11.0. The van der Waals surface area contributed by atoms with Crippen molar-refractivity contribution >= 4 is 36.0 Å². The molecular formula is C25H36ClN9O2. The Morgan fingerprint density at radius 3 is 2.59 bits per heavy atom. The number of halogens is 1. The molecule has 5 heterocycles. The van der Waals surface area contributed by atoms with Gasteiger partial charge in [0.15, 0.2) is 0 Å². The first-order chi connectivity index (χ1) is 17.3. The Kier molecular flexibility index (Phi) is 6.66. The molecule has 3 fully saturated rings. The molecule has 2 atom stereocenters. The number of carbonyl (C=O) groups excluding carboxylic acids is 1. The zero-order chi connectivity index (χ0) is 25.1. The van der Waals surface area contributed by atoms with E-state index in [1.807, 2.05) is 4.90 Å². The van der Waals surface area contributed by atoms with E-state index in [4.69, 9.17) is 26.2 Å². The molecule has 0 radical (unpaired) electrons. The van der Waals surface area contributed by atoms with Gasteiger partial charge in [-0.3, -0.25) is 4.79 Å². The van der Waals surface area contributed by atoms with Crippen LogP contribution in [0, 0.1) is 5.41 Å². The van der Waals surface area contributed by atoms with E-state index in [2.05, 4.69) is 33.6 Å². The van der Waals surface area contributed by atoms with Crippen LogP contribution in [-0.4, -0.2) is 88.3 Å². The van der Waals surface area contributed by atoms with Crippen molar-refractivity contribution in [2.24, 2.45) is 11.1 Å². The van der Waals surface area contributed by atoms with Gasteiger partial charge in [0.05, 0.1) is 35.9 Å². The summed E-state index contributed by atoms with van der Waals surface area (Å²) in [6, 6.07) is 0.170. The summed E-state index contributed by atoms with van der Waals surface area (Å²) in [6.07, 6.45) is 7.00. The molecule has 11 nitrogen and oxygen atoms in total. The first-order valence-electron chi connectivity index (χ1n) is 12.9. The predicted molar refractivity (Wildman–Crippen MR) is 144 cm³/mol. The number of hydrogen-bond donors (Lipinski definition) is 2. The molecule has 0 spiro atoms. The predicted octanol–water partition coefficient (Wildman–Crippen LogP) is 1.26. The fourth-order valence-corrected chi connectivity index (χ4v) is 5.95. The first-order valence-corrected chi connectivity index (χ1v) is 12.9. The Labute approximate surface area is 223 Å². The number of nitrogen functional groups attached to an aromatic ring is 1. The highest BCUT2D eigenvalue weighted by Crippen LogP contribution is 2.48. The number of nitrogens with two attached hydrogens (primary N) is 2. The summed E-state index contributed by atoms with van der Waals surface area (Å²) in [5.41, 5.74) is 14.0. The number of aromatic nitrogens is 4. The van der Waals surface area contributed by atoms with Gasteiger partial charge in [-0.15, -0.1) is 12.4 Å². The summed E-state index contributed by atoms with van der Waals surface area (Å²) in [4.78, 5) is 38.5. The summed E-state index contributed by atoms with van der Waals surface area (Å²) in [7, 11) is 0. The van der Waals surface area contributed by atoms with Gasteiger partial charge in [-0.2, -0.15) is 4.98 Å². The molecule has 2 aromatic heterocycles. The van der Waals surface area contributed by atoms with Crippen molar-refractivity contribution in [2.75, 3.05) is 61.5 Å². The molecule has 2 aromatic rings. The van der Waals surface area contributed by atoms with E-state index < -0.39 is 0 Å². The number of nitrogens with zero attached hydrogens (tertiary/aromatic N) is 7. The lowest BCUT2D eigenvalue weighted by molar-refractivity contribution is -0.135. The highest BCUT2D eigenvalue weighted by molar-refractivity contribution is 5.86. The second kappa shape index (κ2) is 9.52. The van der Waals surface area contributed by atoms with Crippen LogP contribution in [0.4, 0.5) is 17.7 Å². The Morgan fingerprint density at radius 1 is 1.16 bits per heavy atom. The SMILES string of the molecule is C[C@H]1COCCN1c1nc(-c2cnc(N)nc2)c2c(n1)N([C@@]1(C)CCN(C(=O)C3(CN)CC3)C1)CC2.Cl. The molecule has 0 unspecified atom stereocenters. The van der Waals surface area contributed by atoms with Crippen molar-refractivity contribution in [3.05, 3.63) is 18.0 Å². The van der Waals surface area contributed by atoms with Crippen LogP contribution in [0.15, 0.2) is 12.4 Å². The van der Waals surface area contributed by atoms with Gasteiger partial charge in [0.2, 0.25) is 17.8 Å². The van der Waals surface area contributed by atoms with Crippen molar-refractivity contribution in [1.82, 2.24) is 24.8 Å². The maximum atomic E-state index is 13.2. The molecule has 4 N–H and O–H groups in total. The van der Waals surface area contributed by atoms with Crippen LogP contribution in [0.3, 0.4) is 0 Å². The molecule has 4 aliphatic rings. The lowest BCUT2D eigenvalue weighted by atomic mass is 9.99. The zero-order valence-corrected chi connectivity index (χ0v) is 22.3. The van der Waals surface area contributed by atoms with E-state index in [-0.39, 0.29) is 41.3 Å². The van der Waals surface area contributed by atoms with Crippen LogP contribution in [-0.2, 0) is 16.0 Å². The maximum Gasteiger partial charge on any atom is 0.230 e. The standard InChI is InChI=1S/C25H35N9O2.ClH/c1-16-13-36-10-9-33(16)23-30-19(17-11-28-22(27)29-12-17)18-3-7-34(20(18)31-23)24(2)6-8-32(15-24)21(35)25(14-26)4-5-25;/h11-12,16H,3-10,13-15,26H2,1-2H3,(H2,27,28,29);1H/t16-,24-;/m0./s1.